The van der Waals surface area contributed by atoms with Gasteiger partial charge in [0, 0.05) is 35.6 Å². The van der Waals surface area contributed by atoms with Crippen molar-refractivity contribution in [2.45, 2.75) is 87.4 Å². The quantitative estimate of drug-likeness (QED) is 0.0709. The summed E-state index contributed by atoms with van der Waals surface area (Å²) in [6.45, 7) is 2.12. The number of aromatic hydroxyl groups is 1. The number of allylic oxidation sites excluding steroid dienone is 1. The molecule has 0 spiro atoms. The number of aliphatic hydroxyl groups is 1. The van der Waals surface area contributed by atoms with Crippen LogP contribution in [0.25, 0.3) is 0 Å². The zero-order valence-corrected chi connectivity index (χ0v) is 30.6. The minimum absolute atomic E-state index is 0.0424. The Hall–Kier alpha value is -4.34. The molecule has 0 saturated carbocycles. The van der Waals surface area contributed by atoms with Crippen LogP contribution < -0.4 is 16.2 Å². The first-order chi connectivity index (χ1) is 25.4. The number of aliphatic imine (C=N–C) groups is 1. The van der Waals surface area contributed by atoms with Crippen LogP contribution >= 0.6 is 0 Å². The molecule has 278 valence electrons. The maximum atomic E-state index is 13.9. The molecule has 7 N–H and O–H groups in total. The number of hydrogen-bond acceptors (Lipinski definition) is 7. The van der Waals surface area contributed by atoms with E-state index in [9.17, 15) is 23.2 Å². The summed E-state index contributed by atoms with van der Waals surface area (Å²) in [7, 11) is -4.57. The Bertz CT molecular complexity index is 2120. The first kappa shape index (κ1) is 35.7. The Kier molecular flexibility index (Phi) is 9.52. The summed E-state index contributed by atoms with van der Waals surface area (Å²) >= 11 is 0. The maximum absolute atomic E-state index is 13.9. The molecule has 5 heterocycles. The van der Waals surface area contributed by atoms with Crippen molar-refractivity contribution in [3.05, 3.63) is 106 Å². The van der Waals surface area contributed by atoms with Crippen LogP contribution in [0.5, 0.6) is 11.5 Å². The van der Waals surface area contributed by atoms with Gasteiger partial charge in [-0.05, 0) is 115 Å². The van der Waals surface area contributed by atoms with Gasteiger partial charge in [-0.25, -0.2) is 4.99 Å². The van der Waals surface area contributed by atoms with Crippen molar-refractivity contribution in [1.29, 1.82) is 0 Å². The van der Waals surface area contributed by atoms with Crippen molar-refractivity contribution < 1.29 is 32.7 Å². The number of rotatable bonds is 3. The lowest BCUT2D eigenvalue weighted by atomic mass is 9.64. The van der Waals surface area contributed by atoms with E-state index in [0.717, 1.165) is 46.2 Å². The number of aryl methyl sites for hydroxylation is 1. The lowest BCUT2D eigenvalue weighted by Crippen LogP contribution is -2.40. The monoisotopic (exact) mass is 737 g/mol. The third kappa shape index (κ3) is 7.06. The van der Waals surface area contributed by atoms with E-state index in [1.54, 1.807) is 12.1 Å². The summed E-state index contributed by atoms with van der Waals surface area (Å²) < 4.78 is 52.5. The fourth-order valence-corrected chi connectivity index (χ4v) is 10.9. The Labute approximate surface area is 311 Å². The van der Waals surface area contributed by atoms with Gasteiger partial charge in [-0.2, -0.15) is 8.42 Å². The Morgan fingerprint density at radius 3 is 2.53 bits per heavy atom. The molecule has 10 rings (SSSR count). The molecule has 7 aliphatic rings. The summed E-state index contributed by atoms with van der Waals surface area (Å²) in [5, 5.41) is 19.7. The van der Waals surface area contributed by atoms with Crippen LogP contribution in [0.4, 0.5) is 0 Å². The second-order valence-corrected chi connectivity index (χ2v) is 17.3. The smallest absolute Gasteiger partial charge is 0.268 e. The third-order valence-electron chi connectivity index (χ3n) is 12.3. The molecule has 1 saturated heterocycles. The van der Waals surface area contributed by atoms with E-state index < -0.39 is 33.6 Å². The first-order valence-electron chi connectivity index (χ1n) is 18.7. The molecular weight excluding hydrogens is 691 g/mol. The van der Waals surface area contributed by atoms with Gasteiger partial charge in [-0.15, -0.1) is 0 Å². The van der Waals surface area contributed by atoms with Gasteiger partial charge in [0.15, 0.2) is 5.96 Å². The molecule has 1 fully saturated rings. The van der Waals surface area contributed by atoms with E-state index in [1.165, 1.54) is 0 Å². The minimum Gasteiger partial charge on any atom is -0.508 e. The molecule has 3 aromatic carbocycles. The topological polar surface area (TPSA) is 178 Å². The van der Waals surface area contributed by atoms with E-state index >= 15 is 0 Å². The van der Waals surface area contributed by atoms with Gasteiger partial charge in [0.1, 0.15) is 17.6 Å². The van der Waals surface area contributed by atoms with Crippen LogP contribution in [-0.4, -0.2) is 47.1 Å². The van der Waals surface area contributed by atoms with Gasteiger partial charge in [-0.3, -0.25) is 4.55 Å². The number of benzene rings is 3. The van der Waals surface area contributed by atoms with Crippen molar-refractivity contribution in [3.8, 4) is 23.3 Å². The average Bonchev–Trinajstić information content (AvgIpc) is 3.25. The predicted molar refractivity (Wildman–Crippen MR) is 202 cm³/mol. The number of fused-ring (bicyclic) bond motifs is 9. The van der Waals surface area contributed by atoms with Gasteiger partial charge < -0.3 is 31.2 Å². The number of guanidine groups is 1. The summed E-state index contributed by atoms with van der Waals surface area (Å²) in [4.78, 5) is 4.43. The molecule has 0 unspecified atom stereocenters. The Balaban J connectivity index is 1.34. The maximum Gasteiger partial charge on any atom is 0.268 e. The molecule has 10 bridgehead atoms. The van der Waals surface area contributed by atoms with E-state index in [-0.39, 0.29) is 60.4 Å². The van der Waals surface area contributed by atoms with Gasteiger partial charge in [0.05, 0.1) is 11.4 Å². The first-order valence-corrected chi connectivity index (χ1v) is 20.2. The zero-order chi connectivity index (χ0) is 37.0. The molecule has 5 aliphatic heterocycles. The van der Waals surface area contributed by atoms with Crippen LogP contribution in [0, 0.1) is 35.5 Å². The SMILES string of the molecule is C[C@@H]1CCc2cc3ccc2[C@H]1C[C@@H](S(=O)(=O)O)[C@H]1C=C2C[C@H](C[C@H]4C[C@@H](CO)CC#Cc5cc(O)ccc5[C@@H]2O4)[C@@H]1c1ccc(cc1)[C@@H](N=C(N)N)O3. The average molecular weight is 738 g/mol. The molecule has 0 aromatic heterocycles. The van der Waals surface area contributed by atoms with Crippen molar-refractivity contribution >= 4 is 16.1 Å². The number of phenolic OH excluding ortho intramolecular Hbond substituents is 1. The molecule has 11 heteroatoms. The Morgan fingerprint density at radius 1 is 1.00 bits per heavy atom. The summed E-state index contributed by atoms with van der Waals surface area (Å²) in [5.74, 6) is 6.08. The van der Waals surface area contributed by atoms with Gasteiger partial charge >= 0.3 is 0 Å². The van der Waals surface area contributed by atoms with Crippen LogP contribution in [0.3, 0.4) is 0 Å². The molecular formula is C42H47N3O7S. The second-order valence-electron chi connectivity index (χ2n) is 15.7. The number of phenols is 1. The molecule has 0 amide bonds. The highest BCUT2D eigenvalue weighted by Gasteiger charge is 2.48. The van der Waals surface area contributed by atoms with Crippen molar-refractivity contribution in [2.75, 3.05) is 6.61 Å². The highest BCUT2D eigenvalue weighted by molar-refractivity contribution is 7.86. The normalized spacial score (nSPS) is 31.8. The highest BCUT2D eigenvalue weighted by Crippen LogP contribution is 2.54. The third-order valence-corrected chi connectivity index (χ3v) is 13.6. The van der Waals surface area contributed by atoms with E-state index in [0.29, 0.717) is 37.0 Å². The van der Waals surface area contributed by atoms with E-state index in [1.807, 2.05) is 48.5 Å². The molecule has 10 nitrogen and oxygen atoms in total. The largest absolute Gasteiger partial charge is 0.508 e. The van der Waals surface area contributed by atoms with Crippen molar-refractivity contribution in [2.24, 2.45) is 40.1 Å². The van der Waals surface area contributed by atoms with Gasteiger partial charge in [-0.1, -0.05) is 61.2 Å². The summed E-state index contributed by atoms with van der Waals surface area (Å²) in [6.07, 6.45) is 4.73. The number of nitrogens with two attached hydrogens (primary N) is 2. The van der Waals surface area contributed by atoms with Crippen LogP contribution in [-0.2, 0) is 21.3 Å². The lowest BCUT2D eigenvalue weighted by Gasteiger charge is -2.42. The van der Waals surface area contributed by atoms with Crippen molar-refractivity contribution in [1.82, 2.24) is 0 Å². The number of nitrogens with zero attached hydrogens (tertiary/aromatic N) is 1. The van der Waals surface area contributed by atoms with E-state index in [2.05, 4.69) is 29.8 Å². The number of aliphatic hydroxyl groups excluding tert-OH is 1. The summed E-state index contributed by atoms with van der Waals surface area (Å²) in [6, 6.07) is 18.9. The zero-order valence-electron chi connectivity index (χ0n) is 29.8. The molecule has 53 heavy (non-hydrogen) atoms. The molecule has 2 aliphatic carbocycles. The van der Waals surface area contributed by atoms with Crippen molar-refractivity contribution in [3.63, 3.8) is 0 Å². The molecule has 0 radical (unpaired) electrons. The molecule has 10 atom stereocenters. The predicted octanol–water partition coefficient (Wildman–Crippen LogP) is 6.00. The fraction of sp³-hybridized carbons (Fsp3) is 0.452. The summed E-state index contributed by atoms with van der Waals surface area (Å²) in [5.41, 5.74) is 18.0. The minimum atomic E-state index is -4.57. The van der Waals surface area contributed by atoms with Crippen LogP contribution in [0.15, 0.2) is 77.3 Å². The van der Waals surface area contributed by atoms with Crippen LogP contribution in [0.2, 0.25) is 0 Å². The second kappa shape index (κ2) is 14.1. The Morgan fingerprint density at radius 2 is 1.77 bits per heavy atom. The van der Waals surface area contributed by atoms with Crippen LogP contribution in [0.1, 0.15) is 103 Å². The van der Waals surface area contributed by atoms with Gasteiger partial charge in [0.25, 0.3) is 10.1 Å². The van der Waals surface area contributed by atoms with E-state index in [4.69, 9.17) is 20.9 Å². The van der Waals surface area contributed by atoms with Gasteiger partial charge in [0.2, 0.25) is 6.23 Å². The standard InChI is InChI=1S/C42H47N3O7S/c1-23-5-6-28-18-32-12-14-34(28)36(23)21-38(53(48,49)50)37-20-30-16-29(39(37)25-7-9-26(10-8-25)41(52-32)45-42(43)44)19-33-15-24(22-46)3-2-4-27-17-31(47)11-13-35(27)40(30)51-33/h7-14,17-18,20,23-24,29,33,36-41,46-47H,3,5-6,15-16,19,21-22H2,1H3,(H4,43,44,45)(H,48,49,50)/t23-,24+,29-,33-,36+,37-,38-,39+,40-,41+/m1/s1. The molecule has 3 aromatic rings. The fourth-order valence-electron chi connectivity index (χ4n) is 9.81. The number of hydrogen-bond donors (Lipinski definition) is 5. The number of ether oxygens (including phenoxy) is 2. The highest BCUT2D eigenvalue weighted by atomic mass is 32.2. The lowest BCUT2D eigenvalue weighted by molar-refractivity contribution is -0.0131.